The van der Waals surface area contributed by atoms with Crippen molar-refractivity contribution in [1.82, 2.24) is 20.1 Å². The number of nitriles is 1. The summed E-state index contributed by atoms with van der Waals surface area (Å²) in [6, 6.07) is 4.45. The number of piperazine rings is 1. The first kappa shape index (κ1) is 24.4. The van der Waals surface area contributed by atoms with Gasteiger partial charge in [0.25, 0.3) is 0 Å². The molecule has 1 aliphatic carbocycles. The van der Waals surface area contributed by atoms with Crippen molar-refractivity contribution >= 4 is 17.8 Å². The van der Waals surface area contributed by atoms with Gasteiger partial charge in [-0.15, -0.1) is 0 Å². The van der Waals surface area contributed by atoms with Crippen molar-refractivity contribution < 1.29 is 9.53 Å². The molecule has 1 amide bonds. The monoisotopic (exact) mass is 486 g/mol. The van der Waals surface area contributed by atoms with Crippen LogP contribution in [0, 0.1) is 24.2 Å². The minimum absolute atomic E-state index is 0.0548. The van der Waals surface area contributed by atoms with E-state index >= 15 is 0 Å². The highest BCUT2D eigenvalue weighted by atomic mass is 16.5. The van der Waals surface area contributed by atoms with Crippen LogP contribution in [0.1, 0.15) is 67.8 Å². The molecule has 8 nitrogen and oxygen atoms in total. The van der Waals surface area contributed by atoms with Gasteiger partial charge in [0, 0.05) is 37.7 Å². The molecule has 4 heterocycles. The lowest BCUT2D eigenvalue weighted by molar-refractivity contribution is -0.142. The second kappa shape index (κ2) is 9.98. The molecule has 0 radical (unpaired) electrons. The normalized spacial score (nSPS) is 21.8. The summed E-state index contributed by atoms with van der Waals surface area (Å²) >= 11 is 0. The van der Waals surface area contributed by atoms with Crippen molar-refractivity contribution in [2.45, 2.75) is 64.5 Å². The molecule has 8 heteroatoms. The number of aromatic nitrogens is 3. The summed E-state index contributed by atoms with van der Waals surface area (Å²) in [5, 5.41) is 18.8. The molecule has 2 atom stereocenters. The fraction of sp³-hybridized carbons (Fsp3) is 0.536. The van der Waals surface area contributed by atoms with Crippen molar-refractivity contribution in [3.8, 4) is 17.3 Å². The van der Waals surface area contributed by atoms with Gasteiger partial charge in [-0.1, -0.05) is 26.5 Å². The Bertz CT molecular complexity index is 1210. The molecule has 2 aromatic rings. The Morgan fingerprint density at radius 3 is 2.72 bits per heavy atom. The Hall–Kier alpha value is -3.31. The lowest BCUT2D eigenvalue weighted by Crippen LogP contribution is -2.58. The van der Waals surface area contributed by atoms with E-state index in [1.165, 1.54) is 0 Å². The molecule has 3 aliphatic rings. The van der Waals surface area contributed by atoms with Gasteiger partial charge in [-0.2, -0.15) is 15.5 Å². The Morgan fingerprint density at radius 2 is 2.11 bits per heavy atom. The summed E-state index contributed by atoms with van der Waals surface area (Å²) in [4.78, 5) is 22.5. The van der Waals surface area contributed by atoms with Crippen molar-refractivity contribution in [2.75, 3.05) is 31.1 Å². The molecule has 188 valence electrons. The van der Waals surface area contributed by atoms with Gasteiger partial charge in [-0.3, -0.25) is 4.79 Å². The molecule has 36 heavy (non-hydrogen) atoms. The molecule has 0 spiro atoms. The van der Waals surface area contributed by atoms with Crippen molar-refractivity contribution in [3.63, 3.8) is 0 Å². The van der Waals surface area contributed by atoms with Gasteiger partial charge in [0.2, 0.25) is 5.91 Å². The summed E-state index contributed by atoms with van der Waals surface area (Å²) in [5.74, 6) is 1.54. The number of amides is 1. The number of hydrogen-bond donors (Lipinski definition) is 0. The summed E-state index contributed by atoms with van der Waals surface area (Å²) in [7, 11) is 0. The van der Waals surface area contributed by atoms with Gasteiger partial charge >= 0.3 is 0 Å². The van der Waals surface area contributed by atoms with E-state index in [-0.39, 0.29) is 24.0 Å². The number of rotatable bonds is 7. The fourth-order valence-electron chi connectivity index (χ4n) is 5.30. The lowest BCUT2D eigenvalue weighted by atomic mass is 9.94. The number of carbonyl (C=O) groups excluding carboxylic acids is 1. The van der Waals surface area contributed by atoms with Crippen molar-refractivity contribution in [3.05, 3.63) is 41.2 Å². The Balaban J connectivity index is 1.49. The molecule has 0 aromatic carbocycles. The average Bonchev–Trinajstić information content (AvgIpc) is 3.70. The van der Waals surface area contributed by atoms with E-state index in [1.807, 2.05) is 17.9 Å². The quantitative estimate of drug-likeness (QED) is 0.582. The van der Waals surface area contributed by atoms with E-state index in [0.29, 0.717) is 37.5 Å². The minimum Gasteiger partial charge on any atom is -0.377 e. The van der Waals surface area contributed by atoms with Gasteiger partial charge in [0.1, 0.15) is 11.9 Å². The molecule has 2 aliphatic heterocycles. The van der Waals surface area contributed by atoms with Gasteiger partial charge in [-0.05, 0) is 49.3 Å². The molecular formula is C28H34N6O2. The third-order valence-corrected chi connectivity index (χ3v) is 7.70. The van der Waals surface area contributed by atoms with Gasteiger partial charge in [0.15, 0.2) is 0 Å². The second-order valence-electron chi connectivity index (χ2n) is 10.5. The van der Waals surface area contributed by atoms with Crippen LogP contribution in [0.4, 0.5) is 5.82 Å². The highest BCUT2D eigenvalue weighted by molar-refractivity contribution is 5.78. The van der Waals surface area contributed by atoms with Crippen LogP contribution in [-0.4, -0.2) is 64.4 Å². The summed E-state index contributed by atoms with van der Waals surface area (Å²) in [6.45, 7) is 12.8. The molecule has 2 aromatic heterocycles. The van der Waals surface area contributed by atoms with Crippen LogP contribution in [0.15, 0.2) is 18.8 Å². The molecule has 0 bridgehead atoms. The number of hydrogen-bond acceptors (Lipinski definition) is 7. The second-order valence-corrected chi connectivity index (χ2v) is 10.5. The molecule has 2 saturated heterocycles. The van der Waals surface area contributed by atoms with Gasteiger partial charge in [-0.25, -0.2) is 4.98 Å². The maximum absolute atomic E-state index is 13.1. The standard InChI is InChI=1S/C28H34N6O2/c1-5-19-12-23(32-30-15-19)26-18(4)22(14-29)28(31-27(26)20-6-7-20)33-9-10-34(24(16-33)17(2)3)25(35)13-21-8-11-36-21/h5,12,15,17,20-21,24H,1,6-11,13,16H2,2-4H3. The smallest absolute Gasteiger partial charge is 0.225 e. The molecule has 0 N–H and O–H groups in total. The van der Waals surface area contributed by atoms with Crippen molar-refractivity contribution in [2.24, 2.45) is 5.92 Å². The van der Waals surface area contributed by atoms with E-state index in [9.17, 15) is 10.1 Å². The SMILES string of the molecule is C=Cc1cnnc(-c2c(C3CC3)nc(N3CCN(C(=O)CC4CCO4)C(C(C)C)C3)c(C#N)c2C)c1. The minimum atomic E-state index is 0.0548. The van der Waals surface area contributed by atoms with Gasteiger partial charge < -0.3 is 14.5 Å². The van der Waals surface area contributed by atoms with E-state index in [0.717, 1.165) is 59.8 Å². The first-order valence-electron chi connectivity index (χ1n) is 13.0. The first-order chi connectivity index (χ1) is 17.4. The van der Waals surface area contributed by atoms with E-state index in [4.69, 9.17) is 9.72 Å². The third kappa shape index (κ3) is 4.60. The Kier molecular flexibility index (Phi) is 6.76. The van der Waals surface area contributed by atoms with Crippen LogP contribution < -0.4 is 4.90 Å². The fourth-order valence-corrected chi connectivity index (χ4v) is 5.30. The van der Waals surface area contributed by atoms with Crippen molar-refractivity contribution in [1.29, 1.82) is 5.26 Å². The van der Waals surface area contributed by atoms with Crippen LogP contribution in [0.25, 0.3) is 17.3 Å². The topological polar surface area (TPSA) is 95.2 Å². The predicted molar refractivity (Wildman–Crippen MR) is 138 cm³/mol. The molecular weight excluding hydrogens is 452 g/mol. The van der Waals surface area contributed by atoms with E-state index in [2.05, 4.69) is 41.6 Å². The highest BCUT2D eigenvalue weighted by Crippen LogP contribution is 2.46. The number of nitrogens with zero attached hydrogens (tertiary/aromatic N) is 6. The maximum Gasteiger partial charge on any atom is 0.225 e. The zero-order valence-electron chi connectivity index (χ0n) is 21.4. The third-order valence-electron chi connectivity index (χ3n) is 7.70. The zero-order chi connectivity index (χ0) is 25.4. The van der Waals surface area contributed by atoms with Crippen LogP contribution in [0.3, 0.4) is 0 Å². The predicted octanol–water partition coefficient (Wildman–Crippen LogP) is 4.09. The lowest BCUT2D eigenvalue weighted by Gasteiger charge is -2.45. The average molecular weight is 487 g/mol. The molecule has 3 fully saturated rings. The van der Waals surface area contributed by atoms with E-state index < -0.39 is 0 Å². The van der Waals surface area contributed by atoms with Crippen LogP contribution >= 0.6 is 0 Å². The van der Waals surface area contributed by atoms with Gasteiger partial charge in [0.05, 0.1) is 41.7 Å². The largest absolute Gasteiger partial charge is 0.377 e. The molecule has 1 saturated carbocycles. The Morgan fingerprint density at radius 1 is 1.33 bits per heavy atom. The number of carbonyl (C=O) groups is 1. The summed E-state index contributed by atoms with van der Waals surface area (Å²) < 4.78 is 5.51. The Labute approximate surface area is 213 Å². The zero-order valence-corrected chi connectivity index (χ0v) is 21.4. The van der Waals surface area contributed by atoms with E-state index in [1.54, 1.807) is 12.3 Å². The van der Waals surface area contributed by atoms with Crippen LogP contribution in [0.2, 0.25) is 0 Å². The number of pyridine rings is 1. The molecule has 2 unspecified atom stereocenters. The summed E-state index contributed by atoms with van der Waals surface area (Å²) in [5.41, 5.74) is 5.00. The highest BCUT2D eigenvalue weighted by Gasteiger charge is 2.37. The summed E-state index contributed by atoms with van der Waals surface area (Å²) in [6.07, 6.45) is 7.08. The first-order valence-corrected chi connectivity index (χ1v) is 13.0. The maximum atomic E-state index is 13.1. The number of anilines is 1. The molecule has 5 rings (SSSR count). The number of ether oxygens (including phenoxy) is 1. The van der Waals surface area contributed by atoms with Crippen LogP contribution in [0.5, 0.6) is 0 Å². The van der Waals surface area contributed by atoms with Crippen LogP contribution in [-0.2, 0) is 9.53 Å².